The van der Waals surface area contributed by atoms with Gasteiger partial charge in [0.25, 0.3) is 0 Å². The van der Waals surface area contributed by atoms with Gasteiger partial charge in [0.2, 0.25) is 5.91 Å². The van der Waals surface area contributed by atoms with E-state index in [4.69, 9.17) is 4.74 Å². The highest BCUT2D eigenvalue weighted by atomic mass is 16.5. The zero-order chi connectivity index (χ0) is 45.5. The van der Waals surface area contributed by atoms with E-state index in [1.54, 1.807) is 0 Å². The highest BCUT2D eigenvalue weighted by molar-refractivity contribution is 5.76. The number of aliphatic hydroxyl groups is 1. The largest absolute Gasteiger partial charge is 0.466 e. The van der Waals surface area contributed by atoms with Crippen LogP contribution in [0.1, 0.15) is 271 Å². The third kappa shape index (κ3) is 39.4. The van der Waals surface area contributed by atoms with Gasteiger partial charge in [-0.3, -0.25) is 19.4 Å². The maximum Gasteiger partial charge on any atom is 0.305 e. The van der Waals surface area contributed by atoms with E-state index >= 15 is 0 Å². The van der Waals surface area contributed by atoms with Crippen LogP contribution in [-0.2, 0) is 14.3 Å². The fourth-order valence-corrected chi connectivity index (χ4v) is 9.66. The molecule has 0 aliphatic heterocycles. The van der Waals surface area contributed by atoms with Crippen LogP contribution in [0.15, 0.2) is 12.2 Å². The molecular weight excluding hydrogens is 779 g/mol. The Morgan fingerprint density at radius 1 is 0.571 bits per heavy atom. The Balaban J connectivity index is 2.28. The predicted molar refractivity (Wildman–Crippen MR) is 273 cm³/mol. The van der Waals surface area contributed by atoms with Gasteiger partial charge in [-0.25, -0.2) is 0 Å². The number of hydrogen-bond acceptors (Lipinski definition) is 6. The fourth-order valence-electron chi connectivity index (χ4n) is 9.66. The summed E-state index contributed by atoms with van der Waals surface area (Å²) in [4.78, 5) is 30.5. The molecule has 0 aromatic heterocycles. The Morgan fingerprint density at radius 2 is 1.10 bits per heavy atom. The molecule has 0 heterocycles. The van der Waals surface area contributed by atoms with Crippen LogP contribution in [-0.4, -0.2) is 85.3 Å². The highest BCUT2D eigenvalue weighted by Gasteiger charge is 2.21. The summed E-state index contributed by atoms with van der Waals surface area (Å²) in [6, 6.07) is 0.672. The molecule has 7 nitrogen and oxygen atoms in total. The van der Waals surface area contributed by atoms with Crippen molar-refractivity contribution in [3.63, 3.8) is 0 Å². The lowest BCUT2D eigenvalue weighted by Gasteiger charge is -2.33. The molecule has 1 aliphatic rings. The number of nitrogens with zero attached hydrogens (tertiary/aromatic N) is 2. The molecular formula is C56H109N3O4. The minimum atomic E-state index is -0.0337. The van der Waals surface area contributed by atoms with Crippen molar-refractivity contribution in [2.24, 2.45) is 5.92 Å². The zero-order valence-electron chi connectivity index (χ0n) is 42.6. The Hall–Kier alpha value is -1.44. The van der Waals surface area contributed by atoms with Gasteiger partial charge in [0.05, 0.1) is 13.2 Å². The fraction of sp³-hybridized carbons (Fsp3) is 0.929. The minimum absolute atomic E-state index is 0.0337. The average Bonchev–Trinajstić information content (AvgIpc) is 3.58. The first-order chi connectivity index (χ1) is 31.0. The lowest BCUT2D eigenvalue weighted by Crippen LogP contribution is -2.42. The molecule has 0 bridgehead atoms. The molecule has 0 radical (unpaired) electrons. The molecule has 63 heavy (non-hydrogen) atoms. The number of allylic oxidation sites excluding steroid dienone is 2. The number of amides is 1. The normalized spacial score (nSPS) is 14.3. The van der Waals surface area contributed by atoms with Crippen LogP contribution < -0.4 is 5.32 Å². The smallest absolute Gasteiger partial charge is 0.305 e. The predicted octanol–water partition coefficient (Wildman–Crippen LogP) is 15.1. The average molecular weight is 889 g/mol. The van der Waals surface area contributed by atoms with Gasteiger partial charge in [0.15, 0.2) is 0 Å². The number of aliphatic hydroxyl groups excluding tert-OH is 1. The SMILES string of the molecule is CCCCCCCC/C=C\CCCCCCCC(=O)OCCCCCN(CCO)CCN(CCCCCNC(=O)CC(CCCCCC)CCCCCCCC)C1CCCCCC1. The Bertz CT molecular complexity index is 999. The van der Waals surface area contributed by atoms with E-state index < -0.39 is 0 Å². The van der Waals surface area contributed by atoms with E-state index in [0.717, 1.165) is 84.2 Å². The molecule has 7 heteroatoms. The van der Waals surface area contributed by atoms with Crippen molar-refractivity contribution < 1.29 is 19.4 Å². The number of carbonyl (C=O) groups is 2. The molecule has 2 N–H and O–H groups in total. The Kier molecular flexibility index (Phi) is 44.5. The number of esters is 1. The molecule has 1 fully saturated rings. The monoisotopic (exact) mass is 888 g/mol. The van der Waals surface area contributed by atoms with E-state index in [-0.39, 0.29) is 18.5 Å². The topological polar surface area (TPSA) is 82.1 Å². The van der Waals surface area contributed by atoms with E-state index in [2.05, 4.69) is 48.0 Å². The number of nitrogens with one attached hydrogen (secondary N) is 1. The van der Waals surface area contributed by atoms with Crippen molar-refractivity contribution in [2.75, 3.05) is 52.5 Å². The molecule has 0 aromatic rings. The van der Waals surface area contributed by atoms with Crippen LogP contribution in [0.5, 0.6) is 0 Å². The summed E-state index contributed by atoms with van der Waals surface area (Å²) in [7, 11) is 0. The molecule has 1 atom stereocenters. The molecule has 0 spiro atoms. The van der Waals surface area contributed by atoms with E-state index in [9.17, 15) is 14.7 Å². The second-order valence-corrected chi connectivity index (χ2v) is 19.7. The third-order valence-electron chi connectivity index (χ3n) is 13.8. The van der Waals surface area contributed by atoms with Crippen LogP contribution in [0, 0.1) is 5.92 Å². The summed E-state index contributed by atoms with van der Waals surface area (Å²) < 4.78 is 5.58. The molecule has 1 amide bonds. The first-order valence-electron chi connectivity index (χ1n) is 28.2. The quantitative estimate of drug-likeness (QED) is 0.0274. The van der Waals surface area contributed by atoms with Gasteiger partial charge in [0.1, 0.15) is 0 Å². The van der Waals surface area contributed by atoms with Crippen LogP contribution in [0.2, 0.25) is 0 Å². The number of carbonyl (C=O) groups excluding carboxylic acids is 2. The van der Waals surface area contributed by atoms with Crippen LogP contribution >= 0.6 is 0 Å². The maximum atomic E-state index is 13.0. The van der Waals surface area contributed by atoms with E-state index in [1.165, 1.54) is 193 Å². The summed E-state index contributed by atoms with van der Waals surface area (Å²) in [5.74, 6) is 0.789. The zero-order valence-corrected chi connectivity index (χ0v) is 42.6. The van der Waals surface area contributed by atoms with Crippen LogP contribution in [0.25, 0.3) is 0 Å². The summed E-state index contributed by atoms with van der Waals surface area (Å²) in [5.41, 5.74) is 0. The number of ether oxygens (including phenoxy) is 1. The maximum absolute atomic E-state index is 13.0. The Labute approximate surface area is 392 Å². The van der Waals surface area contributed by atoms with Gasteiger partial charge >= 0.3 is 5.97 Å². The van der Waals surface area contributed by atoms with Crippen molar-refractivity contribution >= 4 is 11.9 Å². The molecule has 0 aromatic carbocycles. The third-order valence-corrected chi connectivity index (χ3v) is 13.8. The lowest BCUT2D eigenvalue weighted by atomic mass is 9.91. The summed E-state index contributed by atoms with van der Waals surface area (Å²) in [6.45, 7) is 13.3. The molecule has 1 rings (SSSR count). The summed E-state index contributed by atoms with van der Waals surface area (Å²) >= 11 is 0. The number of unbranched alkanes of at least 4 members (excludes halogenated alkanes) is 23. The van der Waals surface area contributed by atoms with Crippen molar-refractivity contribution in [3.05, 3.63) is 12.2 Å². The van der Waals surface area contributed by atoms with Gasteiger partial charge in [-0.15, -0.1) is 0 Å². The van der Waals surface area contributed by atoms with Gasteiger partial charge in [-0.2, -0.15) is 0 Å². The van der Waals surface area contributed by atoms with Gasteiger partial charge < -0.3 is 15.2 Å². The minimum Gasteiger partial charge on any atom is -0.466 e. The van der Waals surface area contributed by atoms with Crippen LogP contribution in [0.3, 0.4) is 0 Å². The van der Waals surface area contributed by atoms with Gasteiger partial charge in [-0.05, 0) is 109 Å². The number of rotatable bonds is 47. The highest BCUT2D eigenvalue weighted by Crippen LogP contribution is 2.24. The molecule has 1 unspecified atom stereocenters. The summed E-state index contributed by atoms with van der Waals surface area (Å²) in [6.07, 6.45) is 52.5. The van der Waals surface area contributed by atoms with Crippen molar-refractivity contribution in [1.29, 1.82) is 0 Å². The van der Waals surface area contributed by atoms with Crippen molar-refractivity contribution in [2.45, 2.75) is 277 Å². The Morgan fingerprint density at radius 3 is 1.71 bits per heavy atom. The molecule has 1 saturated carbocycles. The van der Waals surface area contributed by atoms with E-state index in [1.807, 2.05) is 0 Å². The number of hydrogen-bond donors (Lipinski definition) is 2. The first-order valence-corrected chi connectivity index (χ1v) is 28.2. The molecule has 0 saturated heterocycles. The second-order valence-electron chi connectivity index (χ2n) is 19.7. The molecule has 372 valence electrons. The van der Waals surface area contributed by atoms with Gasteiger partial charge in [-0.1, -0.05) is 181 Å². The molecule has 1 aliphatic carbocycles. The van der Waals surface area contributed by atoms with E-state index in [0.29, 0.717) is 31.4 Å². The van der Waals surface area contributed by atoms with Crippen molar-refractivity contribution in [1.82, 2.24) is 15.1 Å². The summed E-state index contributed by atoms with van der Waals surface area (Å²) in [5, 5.41) is 13.2. The van der Waals surface area contributed by atoms with Crippen molar-refractivity contribution in [3.8, 4) is 0 Å². The van der Waals surface area contributed by atoms with Crippen LogP contribution in [0.4, 0.5) is 0 Å². The second kappa shape index (κ2) is 47.1. The lowest BCUT2D eigenvalue weighted by molar-refractivity contribution is -0.143. The standard InChI is InChI=1S/C56H109N3O4/c1-4-7-10-13-15-16-17-18-19-20-21-22-23-25-34-43-56(62)63-51-38-29-36-45-58(49-50-60)47-48-59(54-41-32-26-27-33-42-54)46-37-28-35-44-57-55(61)52-53(39-30-12-9-6-3)40-31-24-14-11-8-5-2/h18-19,53-54,60H,4-17,20-52H2,1-3H3,(H,57,61)/b19-18-. The first kappa shape index (κ1) is 59.6. The van der Waals surface area contributed by atoms with Gasteiger partial charge in [0, 0.05) is 45.1 Å².